The molecule has 2 fully saturated rings. The van der Waals surface area contributed by atoms with Crippen molar-refractivity contribution in [1.29, 1.82) is 0 Å². The number of fused-ring (bicyclic) bond motifs is 1. The van der Waals surface area contributed by atoms with Crippen molar-refractivity contribution in [2.24, 2.45) is 0 Å². The number of piperazine rings is 1. The molecule has 0 bridgehead atoms. The van der Waals surface area contributed by atoms with Crippen LogP contribution < -0.4 is 20.9 Å². The van der Waals surface area contributed by atoms with Gasteiger partial charge in [0.05, 0.1) is 5.39 Å². The Hall–Kier alpha value is -3.80. The van der Waals surface area contributed by atoms with E-state index in [4.69, 9.17) is 0 Å². The average Bonchev–Trinajstić information content (AvgIpc) is 3.45. The van der Waals surface area contributed by atoms with Crippen LogP contribution in [0, 0.1) is 6.92 Å². The highest BCUT2D eigenvalue weighted by Gasteiger charge is 2.30. The van der Waals surface area contributed by atoms with Crippen LogP contribution in [0.3, 0.4) is 0 Å². The highest BCUT2D eigenvalue weighted by atomic mass is 32.2. The summed E-state index contributed by atoms with van der Waals surface area (Å²) in [6, 6.07) is 6.17. The van der Waals surface area contributed by atoms with Crippen LogP contribution in [-0.2, 0) is 4.79 Å². The van der Waals surface area contributed by atoms with Gasteiger partial charge in [0, 0.05) is 49.0 Å². The van der Waals surface area contributed by atoms with Crippen LogP contribution in [0.25, 0.3) is 11.0 Å². The summed E-state index contributed by atoms with van der Waals surface area (Å²) in [5.74, 6) is 0.990. The van der Waals surface area contributed by atoms with Crippen LogP contribution in [0.2, 0.25) is 0 Å². The standard InChI is InChI=1S/C23H26N8O3S/c1-13-9-24-19-18(13)20(26-12-25-19)30-6-7-31(14(2)10-30)22(33)28-16-5-3-4-15(8-16)27-21(32)17-11-35-23(34)29-17/h3-5,8-9,12,14,17H,6-7,10-11H2,1-2H3,(H,27,32)(H,28,33)(H,29,34)(H,24,25,26)/t14-,17+/m0/s1. The van der Waals surface area contributed by atoms with Gasteiger partial charge in [-0.3, -0.25) is 9.59 Å². The van der Waals surface area contributed by atoms with Gasteiger partial charge in [-0.2, -0.15) is 0 Å². The van der Waals surface area contributed by atoms with Gasteiger partial charge in [-0.1, -0.05) is 17.8 Å². The first-order valence-corrected chi connectivity index (χ1v) is 12.3. The van der Waals surface area contributed by atoms with E-state index in [1.165, 1.54) is 0 Å². The minimum absolute atomic E-state index is 0.0422. The molecular weight excluding hydrogens is 468 g/mol. The lowest BCUT2D eigenvalue weighted by molar-refractivity contribution is -0.117. The maximum atomic E-state index is 13.1. The van der Waals surface area contributed by atoms with Crippen LogP contribution >= 0.6 is 11.8 Å². The molecule has 2 aromatic heterocycles. The summed E-state index contributed by atoms with van der Waals surface area (Å²) in [4.78, 5) is 52.7. The molecule has 3 aromatic rings. The first-order chi connectivity index (χ1) is 16.9. The van der Waals surface area contributed by atoms with E-state index in [1.54, 1.807) is 35.5 Å². The Balaban J connectivity index is 1.21. The Morgan fingerprint density at radius 1 is 1.17 bits per heavy atom. The number of amides is 4. The number of carbonyl (C=O) groups excluding carboxylic acids is 3. The van der Waals surface area contributed by atoms with Gasteiger partial charge in [0.15, 0.2) is 0 Å². The molecule has 4 N–H and O–H groups in total. The average molecular weight is 495 g/mol. The number of nitrogens with one attached hydrogen (secondary N) is 4. The minimum atomic E-state index is -0.561. The van der Waals surface area contributed by atoms with Crippen LogP contribution in [-0.4, -0.2) is 74.5 Å². The van der Waals surface area contributed by atoms with Crippen LogP contribution in [0.5, 0.6) is 0 Å². The van der Waals surface area contributed by atoms with Gasteiger partial charge in [0.2, 0.25) is 5.91 Å². The molecule has 2 aliphatic rings. The Labute approximate surface area is 206 Å². The molecule has 11 nitrogen and oxygen atoms in total. The number of benzene rings is 1. The van der Waals surface area contributed by atoms with Crippen molar-refractivity contribution in [2.45, 2.75) is 25.9 Å². The SMILES string of the molecule is Cc1c[nH]c2ncnc(N3CCN(C(=O)Nc4cccc(NC(=O)[C@H]5CSC(=O)N5)c4)[C@@H](C)C3)c12. The van der Waals surface area contributed by atoms with E-state index in [-0.39, 0.29) is 23.2 Å². The second-order valence-corrected chi connectivity index (χ2v) is 9.67. The summed E-state index contributed by atoms with van der Waals surface area (Å²) in [5.41, 5.74) is 3.02. The van der Waals surface area contributed by atoms with E-state index in [0.717, 1.165) is 34.2 Å². The number of carbonyl (C=O) groups is 3. The lowest BCUT2D eigenvalue weighted by Crippen LogP contribution is -2.55. The van der Waals surface area contributed by atoms with Crippen molar-refractivity contribution in [2.75, 3.05) is 40.9 Å². The van der Waals surface area contributed by atoms with E-state index >= 15 is 0 Å². The maximum absolute atomic E-state index is 13.1. The van der Waals surface area contributed by atoms with Crippen molar-refractivity contribution >= 4 is 57.2 Å². The van der Waals surface area contributed by atoms with E-state index in [9.17, 15) is 14.4 Å². The molecule has 35 heavy (non-hydrogen) atoms. The first-order valence-electron chi connectivity index (χ1n) is 11.3. The van der Waals surface area contributed by atoms with Crippen molar-refractivity contribution in [3.8, 4) is 0 Å². The highest BCUT2D eigenvalue weighted by molar-refractivity contribution is 8.14. The van der Waals surface area contributed by atoms with Gasteiger partial charge in [0.1, 0.15) is 23.8 Å². The Bertz CT molecular complexity index is 1290. The number of aryl methyl sites for hydroxylation is 1. The monoisotopic (exact) mass is 494 g/mol. The number of hydrogen-bond donors (Lipinski definition) is 4. The van der Waals surface area contributed by atoms with Crippen LogP contribution in [0.15, 0.2) is 36.8 Å². The second kappa shape index (κ2) is 9.45. The molecule has 182 valence electrons. The highest BCUT2D eigenvalue weighted by Crippen LogP contribution is 2.28. The zero-order valence-corrected chi connectivity index (χ0v) is 20.2. The lowest BCUT2D eigenvalue weighted by Gasteiger charge is -2.40. The third kappa shape index (κ3) is 4.74. The number of aromatic nitrogens is 3. The van der Waals surface area contributed by atoms with Gasteiger partial charge in [0.25, 0.3) is 5.24 Å². The number of aromatic amines is 1. The molecule has 0 unspecified atom stereocenters. The van der Waals surface area contributed by atoms with Gasteiger partial charge < -0.3 is 30.7 Å². The van der Waals surface area contributed by atoms with Crippen LogP contribution in [0.1, 0.15) is 12.5 Å². The van der Waals surface area contributed by atoms with E-state index in [0.29, 0.717) is 36.8 Å². The van der Waals surface area contributed by atoms with Gasteiger partial charge in [-0.15, -0.1) is 0 Å². The summed E-state index contributed by atoms with van der Waals surface area (Å²) in [5, 5.41) is 9.15. The normalized spacial score (nSPS) is 20.1. The minimum Gasteiger partial charge on any atom is -0.352 e. The molecule has 0 saturated carbocycles. The number of H-pyrrole nitrogens is 1. The second-order valence-electron chi connectivity index (χ2n) is 8.68. The fraction of sp³-hybridized carbons (Fsp3) is 0.348. The predicted molar refractivity (Wildman–Crippen MR) is 136 cm³/mol. The summed E-state index contributed by atoms with van der Waals surface area (Å²) in [6.07, 6.45) is 3.48. The fourth-order valence-corrected chi connectivity index (χ4v) is 5.19. The Kier molecular flexibility index (Phi) is 6.20. The molecule has 2 saturated heterocycles. The summed E-state index contributed by atoms with van der Waals surface area (Å²) < 4.78 is 0. The van der Waals surface area contributed by atoms with E-state index < -0.39 is 6.04 Å². The Morgan fingerprint density at radius 3 is 2.71 bits per heavy atom. The molecule has 0 spiro atoms. The zero-order chi connectivity index (χ0) is 24.5. The van der Waals surface area contributed by atoms with Crippen molar-refractivity contribution in [3.63, 3.8) is 0 Å². The number of thioether (sulfide) groups is 1. The van der Waals surface area contributed by atoms with Gasteiger partial charge in [-0.25, -0.2) is 14.8 Å². The van der Waals surface area contributed by atoms with Crippen molar-refractivity contribution < 1.29 is 14.4 Å². The number of anilines is 3. The number of hydrogen-bond acceptors (Lipinski definition) is 7. The number of nitrogens with zero attached hydrogens (tertiary/aromatic N) is 4. The van der Waals surface area contributed by atoms with Crippen molar-refractivity contribution in [3.05, 3.63) is 42.4 Å². The lowest BCUT2D eigenvalue weighted by atomic mass is 10.1. The van der Waals surface area contributed by atoms with Crippen LogP contribution in [0.4, 0.5) is 26.8 Å². The van der Waals surface area contributed by atoms with E-state index in [1.807, 2.05) is 20.0 Å². The molecule has 4 heterocycles. The topological polar surface area (TPSA) is 135 Å². The van der Waals surface area contributed by atoms with Crippen molar-refractivity contribution in [1.82, 2.24) is 25.2 Å². The summed E-state index contributed by atoms with van der Waals surface area (Å²) in [6.45, 7) is 5.87. The fourth-order valence-electron chi connectivity index (χ4n) is 4.41. The smallest absolute Gasteiger partial charge is 0.322 e. The molecule has 2 aliphatic heterocycles. The molecule has 5 rings (SSSR count). The molecule has 4 amide bonds. The number of urea groups is 1. The zero-order valence-electron chi connectivity index (χ0n) is 19.4. The summed E-state index contributed by atoms with van der Waals surface area (Å²) >= 11 is 1.09. The Morgan fingerprint density at radius 2 is 1.97 bits per heavy atom. The first kappa shape index (κ1) is 23.0. The predicted octanol–water partition coefficient (Wildman–Crippen LogP) is 2.77. The molecule has 0 radical (unpaired) electrons. The molecule has 2 atom stereocenters. The van der Waals surface area contributed by atoms with E-state index in [2.05, 4.69) is 35.8 Å². The molecule has 1 aromatic carbocycles. The molecule has 12 heteroatoms. The third-order valence-electron chi connectivity index (χ3n) is 6.21. The quantitative estimate of drug-likeness (QED) is 0.438. The van der Waals surface area contributed by atoms with Gasteiger partial charge in [-0.05, 0) is 37.6 Å². The maximum Gasteiger partial charge on any atom is 0.322 e. The van der Waals surface area contributed by atoms with Gasteiger partial charge >= 0.3 is 6.03 Å². The molecular formula is C23H26N8O3S. The molecule has 0 aliphatic carbocycles. The largest absolute Gasteiger partial charge is 0.352 e. The number of rotatable bonds is 4. The third-order valence-corrected chi connectivity index (χ3v) is 7.09. The summed E-state index contributed by atoms with van der Waals surface area (Å²) in [7, 11) is 0.